The molecule has 0 atom stereocenters. The lowest BCUT2D eigenvalue weighted by molar-refractivity contribution is 0.622. The minimum atomic E-state index is -0.480. The van der Waals surface area contributed by atoms with Gasteiger partial charge in [0.05, 0.1) is 0 Å². The maximum absolute atomic E-state index is 12.9. The molecule has 0 aliphatic rings. The van der Waals surface area contributed by atoms with Crippen molar-refractivity contribution in [2.45, 2.75) is 0 Å². The van der Waals surface area contributed by atoms with E-state index >= 15 is 0 Å². The molecular weight excluding hydrogens is 324 g/mol. The summed E-state index contributed by atoms with van der Waals surface area (Å²) in [4.78, 5) is 0. The number of benzene rings is 1. The first-order valence-electron chi connectivity index (χ1n) is 2.70. The summed E-state index contributed by atoms with van der Waals surface area (Å²) in [6.07, 6.45) is 0. The lowest BCUT2D eigenvalue weighted by Gasteiger charge is -1.97. The van der Waals surface area contributed by atoms with Crippen LogP contribution < -0.4 is 0 Å². The predicted molar refractivity (Wildman–Crippen MR) is 51.5 cm³/mol. The molecule has 1 aromatic carbocycles. The standard InChI is InChI=1S/C7H2BrFIN/c8-6-1-4(10)2-7(9)5(6)3-11/h1-2H. The Morgan fingerprint density at radius 2 is 2.18 bits per heavy atom. The molecule has 0 aromatic heterocycles. The molecule has 0 heterocycles. The fourth-order valence-corrected chi connectivity index (χ4v) is 2.19. The summed E-state index contributed by atoms with van der Waals surface area (Å²) >= 11 is 5.08. The van der Waals surface area contributed by atoms with Crippen LogP contribution in [0.15, 0.2) is 16.6 Å². The summed E-state index contributed by atoms with van der Waals surface area (Å²) in [5, 5.41) is 8.47. The molecule has 0 unspecified atom stereocenters. The third-order valence-electron chi connectivity index (χ3n) is 1.12. The Balaban J connectivity index is 3.40. The van der Waals surface area contributed by atoms with Gasteiger partial charge < -0.3 is 0 Å². The van der Waals surface area contributed by atoms with Crippen LogP contribution in [0.2, 0.25) is 0 Å². The van der Waals surface area contributed by atoms with Crippen LogP contribution in [-0.4, -0.2) is 0 Å². The lowest BCUT2D eigenvalue weighted by Crippen LogP contribution is -1.86. The molecule has 0 spiro atoms. The molecule has 0 radical (unpaired) electrons. The second-order valence-corrected chi connectivity index (χ2v) is 3.96. The highest BCUT2D eigenvalue weighted by Gasteiger charge is 2.06. The van der Waals surface area contributed by atoms with Gasteiger partial charge in [-0.1, -0.05) is 0 Å². The van der Waals surface area contributed by atoms with E-state index < -0.39 is 5.82 Å². The van der Waals surface area contributed by atoms with Crippen LogP contribution in [0.4, 0.5) is 4.39 Å². The van der Waals surface area contributed by atoms with Gasteiger partial charge >= 0.3 is 0 Å². The first-order valence-corrected chi connectivity index (χ1v) is 4.57. The van der Waals surface area contributed by atoms with Gasteiger partial charge in [0.25, 0.3) is 0 Å². The molecule has 0 aliphatic heterocycles. The molecule has 11 heavy (non-hydrogen) atoms. The van der Waals surface area contributed by atoms with Crippen LogP contribution in [0.1, 0.15) is 5.56 Å². The number of halogens is 3. The van der Waals surface area contributed by atoms with Crippen LogP contribution >= 0.6 is 38.5 Å². The highest BCUT2D eigenvalue weighted by molar-refractivity contribution is 14.1. The number of nitrogens with zero attached hydrogens (tertiary/aromatic N) is 1. The third kappa shape index (κ3) is 1.91. The van der Waals surface area contributed by atoms with Crippen molar-refractivity contribution >= 4 is 38.5 Å². The number of rotatable bonds is 0. The Hall–Kier alpha value is -0.150. The first kappa shape index (κ1) is 8.94. The molecule has 0 aliphatic carbocycles. The molecule has 0 fully saturated rings. The number of hydrogen-bond donors (Lipinski definition) is 0. The van der Waals surface area contributed by atoms with Gasteiger partial charge in [-0.05, 0) is 50.7 Å². The van der Waals surface area contributed by atoms with E-state index in [1.807, 2.05) is 22.6 Å². The second-order valence-electron chi connectivity index (χ2n) is 1.86. The third-order valence-corrected chi connectivity index (χ3v) is 2.37. The van der Waals surface area contributed by atoms with Crippen molar-refractivity contribution in [3.63, 3.8) is 0 Å². The zero-order valence-electron chi connectivity index (χ0n) is 5.24. The summed E-state index contributed by atoms with van der Waals surface area (Å²) in [5.41, 5.74) is 0.0606. The zero-order valence-corrected chi connectivity index (χ0v) is 8.98. The molecule has 0 N–H and O–H groups in total. The van der Waals surface area contributed by atoms with E-state index in [9.17, 15) is 4.39 Å². The highest BCUT2D eigenvalue weighted by Crippen LogP contribution is 2.21. The van der Waals surface area contributed by atoms with E-state index in [1.54, 1.807) is 12.1 Å². The van der Waals surface area contributed by atoms with Gasteiger partial charge in [-0.25, -0.2) is 4.39 Å². The molecule has 1 aromatic rings. The molecule has 1 nitrogen and oxygen atoms in total. The normalized spacial score (nSPS) is 9.27. The molecule has 0 amide bonds. The predicted octanol–water partition coefficient (Wildman–Crippen LogP) is 3.06. The van der Waals surface area contributed by atoms with Crippen molar-refractivity contribution in [2.24, 2.45) is 0 Å². The van der Waals surface area contributed by atoms with Gasteiger partial charge in [-0.3, -0.25) is 0 Å². The van der Waals surface area contributed by atoms with Crippen LogP contribution in [0, 0.1) is 20.7 Å². The first-order chi connectivity index (χ1) is 5.15. The Bertz CT molecular complexity index is 309. The van der Waals surface area contributed by atoms with Crippen molar-refractivity contribution in [1.82, 2.24) is 0 Å². The molecule has 0 saturated heterocycles. The summed E-state index contributed by atoms with van der Waals surface area (Å²) in [6.45, 7) is 0. The van der Waals surface area contributed by atoms with E-state index in [1.165, 1.54) is 6.07 Å². The average molecular weight is 326 g/mol. The average Bonchev–Trinajstić information content (AvgIpc) is 1.85. The van der Waals surface area contributed by atoms with Crippen molar-refractivity contribution in [2.75, 3.05) is 0 Å². The molecular formula is C7H2BrFIN. The Kier molecular flexibility index (Phi) is 2.84. The smallest absolute Gasteiger partial charge is 0.143 e. The number of hydrogen-bond acceptors (Lipinski definition) is 1. The molecule has 0 bridgehead atoms. The quantitative estimate of drug-likeness (QED) is 0.673. The number of nitriles is 1. The van der Waals surface area contributed by atoms with Crippen LogP contribution in [0.5, 0.6) is 0 Å². The van der Waals surface area contributed by atoms with Crippen molar-refractivity contribution in [1.29, 1.82) is 5.26 Å². The summed E-state index contributed by atoms with van der Waals surface area (Å²) in [5.74, 6) is -0.480. The van der Waals surface area contributed by atoms with Gasteiger partial charge in [-0.2, -0.15) is 5.26 Å². The van der Waals surface area contributed by atoms with Gasteiger partial charge in [-0.15, -0.1) is 0 Å². The van der Waals surface area contributed by atoms with Gasteiger partial charge in [0.15, 0.2) is 0 Å². The van der Waals surface area contributed by atoms with Gasteiger partial charge in [0.1, 0.15) is 17.4 Å². The summed E-state index contributed by atoms with van der Waals surface area (Å²) in [7, 11) is 0. The molecule has 4 heteroatoms. The SMILES string of the molecule is N#Cc1c(F)cc(I)cc1Br. The van der Waals surface area contributed by atoms with Crippen molar-refractivity contribution in [3.8, 4) is 6.07 Å². The molecule has 56 valence electrons. The molecule has 1 rings (SSSR count). The van der Waals surface area contributed by atoms with Crippen LogP contribution in [-0.2, 0) is 0 Å². The fraction of sp³-hybridized carbons (Fsp3) is 0. The van der Waals surface area contributed by atoms with Gasteiger partial charge in [0.2, 0.25) is 0 Å². The van der Waals surface area contributed by atoms with Gasteiger partial charge in [0, 0.05) is 8.04 Å². The minimum Gasteiger partial charge on any atom is -0.205 e. The highest BCUT2D eigenvalue weighted by atomic mass is 127. The molecule has 0 saturated carbocycles. The maximum Gasteiger partial charge on any atom is 0.143 e. The minimum absolute atomic E-state index is 0.0606. The van der Waals surface area contributed by atoms with Crippen LogP contribution in [0.3, 0.4) is 0 Å². The Labute approximate surface area is 85.5 Å². The lowest BCUT2D eigenvalue weighted by atomic mass is 10.2. The van der Waals surface area contributed by atoms with E-state index in [-0.39, 0.29) is 5.56 Å². The van der Waals surface area contributed by atoms with Crippen LogP contribution in [0.25, 0.3) is 0 Å². The summed E-state index contributed by atoms with van der Waals surface area (Å²) < 4.78 is 14.1. The maximum atomic E-state index is 12.9. The second kappa shape index (κ2) is 3.50. The zero-order chi connectivity index (χ0) is 8.43. The summed E-state index contributed by atoms with van der Waals surface area (Å²) in [6, 6.07) is 4.79. The van der Waals surface area contributed by atoms with E-state index in [4.69, 9.17) is 5.26 Å². The van der Waals surface area contributed by atoms with E-state index in [2.05, 4.69) is 15.9 Å². The topological polar surface area (TPSA) is 23.8 Å². The Morgan fingerprint density at radius 3 is 2.64 bits per heavy atom. The van der Waals surface area contributed by atoms with Crippen molar-refractivity contribution in [3.05, 3.63) is 31.6 Å². The monoisotopic (exact) mass is 325 g/mol. The van der Waals surface area contributed by atoms with E-state index in [0.29, 0.717) is 4.47 Å². The fourth-order valence-electron chi connectivity index (χ4n) is 0.649. The van der Waals surface area contributed by atoms with E-state index in [0.717, 1.165) is 3.57 Å². The van der Waals surface area contributed by atoms with Crippen molar-refractivity contribution < 1.29 is 4.39 Å². The largest absolute Gasteiger partial charge is 0.205 e. The Morgan fingerprint density at radius 1 is 1.55 bits per heavy atom.